The molecule has 2 heterocycles. The molecule has 0 unspecified atom stereocenters. The van der Waals surface area contributed by atoms with Crippen molar-refractivity contribution in [2.45, 2.75) is 0 Å². The van der Waals surface area contributed by atoms with Gasteiger partial charge in [0.1, 0.15) is 11.2 Å². The van der Waals surface area contributed by atoms with Gasteiger partial charge in [0.25, 0.3) is 0 Å². The second kappa shape index (κ2) is 9.33. The first-order valence-electron chi connectivity index (χ1n) is 14.4. The van der Waals surface area contributed by atoms with Gasteiger partial charge >= 0.3 is 0 Å². The molecule has 9 rings (SSSR count). The van der Waals surface area contributed by atoms with Crippen molar-refractivity contribution in [3.63, 3.8) is 0 Å². The topological polar surface area (TPSA) is 51.8 Å². The zero-order valence-electron chi connectivity index (χ0n) is 23.0. The number of fused-ring (bicyclic) bond motifs is 8. The number of furan rings is 1. The van der Waals surface area contributed by atoms with Crippen molar-refractivity contribution < 1.29 is 4.42 Å². The maximum Gasteiger partial charge on any atom is 0.167 e. The minimum absolute atomic E-state index is 0.579. The predicted octanol–water partition coefficient (Wildman–Crippen LogP) is 10.2. The Bertz CT molecular complexity index is 2510. The summed E-state index contributed by atoms with van der Waals surface area (Å²) in [5.74, 6) is 1.83. The minimum Gasteiger partial charge on any atom is -0.455 e. The number of benzene rings is 7. The molecule has 0 N–H and O–H groups in total. The van der Waals surface area contributed by atoms with Gasteiger partial charge in [-0.15, -0.1) is 0 Å². The summed E-state index contributed by atoms with van der Waals surface area (Å²) in [5.41, 5.74) is 4.35. The quantitative estimate of drug-likeness (QED) is 0.206. The van der Waals surface area contributed by atoms with E-state index in [0.29, 0.717) is 17.5 Å². The molecule has 0 saturated carbocycles. The minimum atomic E-state index is 0.579. The van der Waals surface area contributed by atoms with E-state index in [-0.39, 0.29) is 0 Å². The number of hydrogen-bond donors (Lipinski definition) is 0. The van der Waals surface area contributed by atoms with Crippen molar-refractivity contribution in [2.75, 3.05) is 0 Å². The van der Waals surface area contributed by atoms with Gasteiger partial charge in [0.05, 0.1) is 5.56 Å². The SMILES string of the molecule is c1ccc(-c2nc(-c3cc4c5ccccc5ccc4c4ccccc34)nc(-c3cccc4c3oc3ccccc34)n2)cc1. The van der Waals surface area contributed by atoms with Gasteiger partial charge in [0.2, 0.25) is 0 Å². The van der Waals surface area contributed by atoms with Gasteiger partial charge in [-0.25, -0.2) is 15.0 Å². The van der Waals surface area contributed by atoms with Crippen LogP contribution >= 0.6 is 0 Å². The van der Waals surface area contributed by atoms with Crippen molar-refractivity contribution in [3.8, 4) is 34.2 Å². The molecule has 0 aliphatic rings. The van der Waals surface area contributed by atoms with E-state index >= 15 is 0 Å². The lowest BCUT2D eigenvalue weighted by Gasteiger charge is -2.14. The fourth-order valence-corrected chi connectivity index (χ4v) is 6.30. The van der Waals surface area contributed by atoms with E-state index in [4.69, 9.17) is 19.4 Å². The van der Waals surface area contributed by atoms with Gasteiger partial charge in [-0.2, -0.15) is 0 Å². The van der Waals surface area contributed by atoms with Crippen molar-refractivity contribution in [1.29, 1.82) is 0 Å². The zero-order valence-corrected chi connectivity index (χ0v) is 23.0. The van der Waals surface area contributed by atoms with E-state index < -0.39 is 0 Å². The summed E-state index contributed by atoms with van der Waals surface area (Å²) >= 11 is 0. The largest absolute Gasteiger partial charge is 0.455 e. The average molecular weight is 550 g/mol. The first-order valence-corrected chi connectivity index (χ1v) is 14.4. The number of para-hydroxylation sites is 2. The second-order valence-corrected chi connectivity index (χ2v) is 10.8. The molecule has 0 spiro atoms. The Morgan fingerprint density at radius 3 is 1.86 bits per heavy atom. The monoisotopic (exact) mass is 549 g/mol. The smallest absolute Gasteiger partial charge is 0.167 e. The lowest BCUT2D eigenvalue weighted by Crippen LogP contribution is -2.01. The van der Waals surface area contributed by atoms with Gasteiger partial charge in [-0.3, -0.25) is 0 Å². The summed E-state index contributed by atoms with van der Waals surface area (Å²) in [6.45, 7) is 0. The number of nitrogens with zero attached hydrogens (tertiary/aromatic N) is 3. The molecule has 0 saturated heterocycles. The van der Waals surface area contributed by atoms with Crippen LogP contribution in [0.5, 0.6) is 0 Å². The summed E-state index contributed by atoms with van der Waals surface area (Å²) in [5, 5.41) is 9.18. The lowest BCUT2D eigenvalue weighted by molar-refractivity contribution is 0.669. The van der Waals surface area contributed by atoms with Gasteiger partial charge in [-0.1, -0.05) is 121 Å². The molecule has 200 valence electrons. The fraction of sp³-hybridized carbons (Fsp3) is 0. The molecular weight excluding hydrogens is 526 g/mol. The summed E-state index contributed by atoms with van der Waals surface area (Å²) in [4.78, 5) is 15.3. The first-order chi connectivity index (χ1) is 21.3. The van der Waals surface area contributed by atoms with E-state index in [9.17, 15) is 0 Å². The maximum atomic E-state index is 6.40. The van der Waals surface area contributed by atoms with E-state index in [1.807, 2.05) is 60.7 Å². The van der Waals surface area contributed by atoms with Crippen molar-refractivity contribution in [2.24, 2.45) is 0 Å². The summed E-state index contributed by atoms with van der Waals surface area (Å²) in [6, 6.07) is 48.1. The normalized spacial score (nSPS) is 11.7. The Kier molecular flexibility index (Phi) is 5.16. The Morgan fingerprint density at radius 2 is 1.00 bits per heavy atom. The summed E-state index contributed by atoms with van der Waals surface area (Å²) in [6.07, 6.45) is 0. The highest BCUT2D eigenvalue weighted by molar-refractivity contribution is 6.20. The van der Waals surface area contributed by atoms with Crippen LogP contribution in [-0.4, -0.2) is 15.0 Å². The molecular formula is C39H23N3O. The summed E-state index contributed by atoms with van der Waals surface area (Å²) < 4.78 is 6.40. The van der Waals surface area contributed by atoms with Crippen molar-refractivity contribution >= 4 is 54.3 Å². The van der Waals surface area contributed by atoms with Crippen LogP contribution in [0.4, 0.5) is 0 Å². The number of hydrogen-bond acceptors (Lipinski definition) is 4. The highest BCUT2D eigenvalue weighted by Crippen LogP contribution is 2.39. The Labute approximate surface area is 246 Å². The summed E-state index contributed by atoms with van der Waals surface area (Å²) in [7, 11) is 0. The van der Waals surface area contributed by atoms with Crippen LogP contribution in [0.25, 0.3) is 88.4 Å². The molecule has 0 aliphatic carbocycles. The van der Waals surface area contributed by atoms with E-state index in [0.717, 1.165) is 44.0 Å². The van der Waals surface area contributed by atoms with Crippen LogP contribution < -0.4 is 0 Å². The third-order valence-electron chi connectivity index (χ3n) is 8.32. The first kappa shape index (κ1) is 23.8. The van der Waals surface area contributed by atoms with Crippen LogP contribution in [0, 0.1) is 0 Å². The van der Waals surface area contributed by atoms with Crippen LogP contribution in [0.3, 0.4) is 0 Å². The van der Waals surface area contributed by atoms with Crippen LogP contribution in [-0.2, 0) is 0 Å². The standard InChI is InChI=1S/C39H23N3O/c1-2-12-25(13-3-1)37-40-38(32-19-10-18-31-30-17-8-9-20-35(30)43-36(31)32)42-39(41-37)34-23-33-26-14-5-4-11-24(26)21-22-29(33)27-15-6-7-16-28(27)34/h1-23H. The average Bonchev–Trinajstić information content (AvgIpc) is 3.47. The van der Waals surface area contributed by atoms with E-state index in [1.54, 1.807) is 0 Å². The van der Waals surface area contributed by atoms with Crippen molar-refractivity contribution in [3.05, 3.63) is 140 Å². The van der Waals surface area contributed by atoms with Gasteiger partial charge in [-0.05, 0) is 50.5 Å². The van der Waals surface area contributed by atoms with E-state index in [2.05, 4.69) is 78.9 Å². The molecule has 7 aromatic carbocycles. The van der Waals surface area contributed by atoms with Crippen LogP contribution in [0.15, 0.2) is 144 Å². The molecule has 0 aliphatic heterocycles. The van der Waals surface area contributed by atoms with Gasteiger partial charge in [0, 0.05) is 21.9 Å². The van der Waals surface area contributed by atoms with Gasteiger partial charge < -0.3 is 4.42 Å². The Morgan fingerprint density at radius 1 is 0.372 bits per heavy atom. The molecule has 0 bridgehead atoms. The third kappa shape index (κ3) is 3.74. The molecule has 43 heavy (non-hydrogen) atoms. The lowest BCUT2D eigenvalue weighted by atomic mass is 9.93. The molecule has 4 nitrogen and oxygen atoms in total. The molecule has 0 radical (unpaired) electrons. The predicted molar refractivity (Wildman–Crippen MR) is 176 cm³/mol. The Balaban J connectivity index is 1.38. The third-order valence-corrected chi connectivity index (χ3v) is 8.32. The second-order valence-electron chi connectivity index (χ2n) is 10.8. The zero-order chi connectivity index (χ0) is 28.3. The molecule has 0 atom stereocenters. The van der Waals surface area contributed by atoms with Gasteiger partial charge in [0.15, 0.2) is 17.5 Å². The molecule has 2 aromatic heterocycles. The van der Waals surface area contributed by atoms with Crippen LogP contribution in [0.1, 0.15) is 0 Å². The number of rotatable bonds is 3. The molecule has 0 amide bonds. The fourth-order valence-electron chi connectivity index (χ4n) is 6.30. The highest BCUT2D eigenvalue weighted by Gasteiger charge is 2.19. The Hall–Kier alpha value is -5.87. The molecule has 0 fully saturated rings. The van der Waals surface area contributed by atoms with E-state index in [1.165, 1.54) is 26.9 Å². The van der Waals surface area contributed by atoms with Crippen LogP contribution in [0.2, 0.25) is 0 Å². The number of aromatic nitrogens is 3. The molecule has 9 aromatic rings. The highest BCUT2D eigenvalue weighted by atomic mass is 16.3. The van der Waals surface area contributed by atoms with Crippen molar-refractivity contribution in [1.82, 2.24) is 15.0 Å². The maximum absolute atomic E-state index is 6.40. The molecule has 4 heteroatoms.